The fourth-order valence-corrected chi connectivity index (χ4v) is 5.13. The number of rotatable bonds is 3. The second-order valence-corrected chi connectivity index (χ2v) is 9.06. The highest BCUT2D eigenvalue weighted by atomic mass is 35.5. The van der Waals surface area contributed by atoms with Crippen molar-refractivity contribution in [3.63, 3.8) is 0 Å². The number of H-pyrrole nitrogens is 1. The van der Waals surface area contributed by atoms with E-state index in [0.717, 1.165) is 43.2 Å². The molecule has 0 saturated carbocycles. The second-order valence-electron chi connectivity index (χ2n) is 8.24. The Labute approximate surface area is 191 Å². The molecule has 6 nitrogen and oxygen atoms in total. The summed E-state index contributed by atoms with van der Waals surface area (Å²) in [5.41, 5.74) is 3.22. The smallest absolute Gasteiger partial charge is 0.257 e. The zero-order valence-corrected chi connectivity index (χ0v) is 18.5. The van der Waals surface area contributed by atoms with E-state index in [1.165, 1.54) is 5.56 Å². The Balaban J connectivity index is 1.28. The van der Waals surface area contributed by atoms with Gasteiger partial charge in [0.05, 0.1) is 16.3 Å². The van der Waals surface area contributed by atoms with E-state index in [0.29, 0.717) is 34.7 Å². The number of carbonyl (C=O) groups is 1. The summed E-state index contributed by atoms with van der Waals surface area (Å²) >= 11 is 12.6. The minimum absolute atomic E-state index is 0.0571. The first-order chi connectivity index (χ1) is 15.1. The molecule has 0 aliphatic carbocycles. The molecule has 2 unspecified atom stereocenters. The van der Waals surface area contributed by atoms with Gasteiger partial charge in [-0.25, -0.2) is 0 Å². The zero-order valence-electron chi connectivity index (χ0n) is 17.0. The van der Waals surface area contributed by atoms with Crippen molar-refractivity contribution in [2.24, 2.45) is 0 Å². The standard InChI is InChI=1S/C23H23Cl2N5O/c24-17-4-1-15(2-5-17)16-3-6-18-14-30(10-9-29(18)13-16)23(31)20-12-26-11-19(22(20)25)21-7-8-27-28-21/h1-2,4-5,7-8,11-12,16,18H,3,6,9-10,13-14H2,(H,27,28). The average molecular weight is 456 g/mol. The van der Waals surface area contributed by atoms with Crippen LogP contribution in [0.3, 0.4) is 0 Å². The van der Waals surface area contributed by atoms with Crippen molar-refractivity contribution in [1.82, 2.24) is 25.0 Å². The van der Waals surface area contributed by atoms with Gasteiger partial charge in [-0.3, -0.25) is 19.8 Å². The number of amides is 1. The number of nitrogens with zero attached hydrogens (tertiary/aromatic N) is 4. The average Bonchev–Trinajstić information content (AvgIpc) is 3.33. The van der Waals surface area contributed by atoms with Crippen molar-refractivity contribution in [2.45, 2.75) is 24.8 Å². The van der Waals surface area contributed by atoms with Gasteiger partial charge in [-0.2, -0.15) is 5.10 Å². The van der Waals surface area contributed by atoms with Gasteiger partial charge in [-0.15, -0.1) is 0 Å². The van der Waals surface area contributed by atoms with Crippen molar-refractivity contribution in [3.05, 3.63) is 70.1 Å². The van der Waals surface area contributed by atoms with Crippen molar-refractivity contribution in [1.29, 1.82) is 0 Å². The van der Waals surface area contributed by atoms with Crippen molar-refractivity contribution >= 4 is 29.1 Å². The van der Waals surface area contributed by atoms with Crippen molar-refractivity contribution in [2.75, 3.05) is 26.2 Å². The summed E-state index contributed by atoms with van der Waals surface area (Å²) in [5, 5.41) is 8.03. The van der Waals surface area contributed by atoms with Crippen LogP contribution < -0.4 is 0 Å². The SMILES string of the molecule is O=C(c1cncc(-c2ccn[nH]2)c1Cl)N1CCN2CC(c3ccc(Cl)cc3)CCC2C1. The first-order valence-corrected chi connectivity index (χ1v) is 11.3. The molecule has 1 amide bonds. The van der Waals surface area contributed by atoms with Crippen LogP contribution in [0.25, 0.3) is 11.3 Å². The van der Waals surface area contributed by atoms with Crippen LogP contribution in [0.15, 0.2) is 48.9 Å². The quantitative estimate of drug-likeness (QED) is 0.631. The molecule has 2 aromatic heterocycles. The Morgan fingerprint density at radius 1 is 1.03 bits per heavy atom. The number of benzene rings is 1. The largest absolute Gasteiger partial charge is 0.336 e. The van der Waals surface area contributed by atoms with E-state index in [1.807, 2.05) is 23.1 Å². The van der Waals surface area contributed by atoms with Gasteiger partial charge in [-0.05, 0) is 42.5 Å². The van der Waals surface area contributed by atoms with Gasteiger partial charge in [0.15, 0.2) is 0 Å². The van der Waals surface area contributed by atoms with Crippen LogP contribution in [0.2, 0.25) is 10.0 Å². The lowest BCUT2D eigenvalue weighted by Gasteiger charge is -2.46. The third kappa shape index (κ3) is 4.07. The Bertz CT molecular complexity index is 1070. The molecular formula is C23H23Cl2N5O. The molecule has 5 rings (SSSR count). The number of piperidine rings is 1. The maximum Gasteiger partial charge on any atom is 0.257 e. The monoisotopic (exact) mass is 455 g/mol. The topological polar surface area (TPSA) is 65.1 Å². The Hall–Kier alpha value is -2.41. The van der Waals surface area contributed by atoms with Crippen molar-refractivity contribution in [3.8, 4) is 11.3 Å². The van der Waals surface area contributed by atoms with Crippen LogP contribution in [-0.2, 0) is 0 Å². The molecule has 8 heteroatoms. The molecule has 2 aliphatic rings. The summed E-state index contributed by atoms with van der Waals surface area (Å²) in [4.78, 5) is 22.0. The molecule has 2 fully saturated rings. The van der Waals surface area contributed by atoms with Gasteiger partial charge >= 0.3 is 0 Å². The van der Waals surface area contributed by atoms with Gasteiger partial charge < -0.3 is 4.90 Å². The van der Waals surface area contributed by atoms with E-state index in [-0.39, 0.29) is 5.91 Å². The lowest BCUT2D eigenvalue weighted by atomic mass is 9.86. The molecule has 1 N–H and O–H groups in total. The van der Waals surface area contributed by atoms with Crippen LogP contribution in [0.5, 0.6) is 0 Å². The number of hydrogen-bond donors (Lipinski definition) is 1. The Morgan fingerprint density at radius 3 is 2.65 bits per heavy atom. The summed E-state index contributed by atoms with van der Waals surface area (Å²) in [6.07, 6.45) is 7.05. The molecule has 0 bridgehead atoms. The molecular weight excluding hydrogens is 433 g/mol. The van der Waals surface area contributed by atoms with E-state index in [4.69, 9.17) is 23.2 Å². The van der Waals surface area contributed by atoms with Crippen LogP contribution in [0.1, 0.15) is 34.7 Å². The van der Waals surface area contributed by atoms with Gasteiger partial charge in [0.2, 0.25) is 0 Å². The lowest BCUT2D eigenvalue weighted by Crippen LogP contribution is -2.57. The summed E-state index contributed by atoms with van der Waals surface area (Å²) < 4.78 is 0. The molecule has 2 aliphatic heterocycles. The van der Waals surface area contributed by atoms with Crippen molar-refractivity contribution < 1.29 is 4.79 Å². The summed E-state index contributed by atoms with van der Waals surface area (Å²) in [5.74, 6) is 0.457. The maximum atomic E-state index is 13.3. The molecule has 1 aromatic carbocycles. The predicted molar refractivity (Wildman–Crippen MR) is 122 cm³/mol. The number of pyridine rings is 1. The van der Waals surface area contributed by atoms with Crippen LogP contribution in [-0.4, -0.2) is 63.1 Å². The highest BCUT2D eigenvalue weighted by Crippen LogP contribution is 2.34. The van der Waals surface area contributed by atoms with E-state index in [9.17, 15) is 4.79 Å². The second kappa shape index (κ2) is 8.61. The van der Waals surface area contributed by atoms with E-state index < -0.39 is 0 Å². The van der Waals surface area contributed by atoms with Crippen LogP contribution in [0, 0.1) is 0 Å². The third-order valence-corrected chi connectivity index (χ3v) is 7.10. The highest BCUT2D eigenvalue weighted by molar-refractivity contribution is 6.36. The minimum Gasteiger partial charge on any atom is -0.336 e. The highest BCUT2D eigenvalue weighted by Gasteiger charge is 2.35. The van der Waals surface area contributed by atoms with Crippen LogP contribution >= 0.6 is 23.2 Å². The number of aromatic nitrogens is 3. The summed E-state index contributed by atoms with van der Waals surface area (Å²) in [6.45, 7) is 3.29. The fraction of sp³-hybridized carbons (Fsp3) is 0.348. The number of piperazine rings is 1. The van der Waals surface area contributed by atoms with Gasteiger partial charge in [0, 0.05) is 61.4 Å². The lowest BCUT2D eigenvalue weighted by molar-refractivity contribution is 0.0329. The zero-order chi connectivity index (χ0) is 21.4. The predicted octanol–water partition coefficient (Wildman–Crippen LogP) is 4.48. The van der Waals surface area contributed by atoms with Crippen LogP contribution in [0.4, 0.5) is 0 Å². The molecule has 160 valence electrons. The van der Waals surface area contributed by atoms with Gasteiger partial charge in [-0.1, -0.05) is 35.3 Å². The number of nitrogens with one attached hydrogen (secondary N) is 1. The van der Waals surface area contributed by atoms with E-state index in [2.05, 4.69) is 32.2 Å². The first kappa shape index (κ1) is 20.5. The fourth-order valence-electron chi connectivity index (χ4n) is 4.72. The number of aromatic amines is 1. The first-order valence-electron chi connectivity index (χ1n) is 10.5. The van der Waals surface area contributed by atoms with Gasteiger partial charge in [0.1, 0.15) is 0 Å². The Morgan fingerprint density at radius 2 is 1.87 bits per heavy atom. The minimum atomic E-state index is -0.0571. The summed E-state index contributed by atoms with van der Waals surface area (Å²) in [7, 11) is 0. The molecule has 0 radical (unpaired) electrons. The van der Waals surface area contributed by atoms with Gasteiger partial charge in [0.25, 0.3) is 5.91 Å². The normalized spacial score (nSPS) is 21.7. The van der Waals surface area contributed by atoms with E-state index >= 15 is 0 Å². The number of carbonyl (C=O) groups excluding carboxylic acids is 1. The molecule has 2 saturated heterocycles. The molecule has 31 heavy (non-hydrogen) atoms. The summed E-state index contributed by atoms with van der Waals surface area (Å²) in [6, 6.07) is 10.4. The van der Waals surface area contributed by atoms with E-state index in [1.54, 1.807) is 18.6 Å². The maximum absolute atomic E-state index is 13.3. The molecule has 3 aromatic rings. The number of halogens is 2. The number of hydrogen-bond acceptors (Lipinski definition) is 4. The molecule has 4 heterocycles. The third-order valence-electron chi connectivity index (χ3n) is 6.44. The Kier molecular flexibility index (Phi) is 5.69. The molecule has 0 spiro atoms. The number of fused-ring (bicyclic) bond motifs is 1. The molecule has 2 atom stereocenters.